The topological polar surface area (TPSA) is 85.7 Å². The SMILES string of the molecule is COCCn1nc2c(c1C(=O)N1CC(=O)NC(C)(C)C1)C[C@H](C)O[C@@H]2C. The third-order valence-corrected chi connectivity index (χ3v) is 4.79. The number of rotatable bonds is 4. The Morgan fingerprint density at radius 3 is 2.81 bits per heavy atom. The molecule has 0 spiro atoms. The van der Waals surface area contributed by atoms with Crippen molar-refractivity contribution in [2.24, 2.45) is 0 Å². The number of fused-ring (bicyclic) bond motifs is 1. The van der Waals surface area contributed by atoms with Gasteiger partial charge in [-0.2, -0.15) is 5.10 Å². The van der Waals surface area contributed by atoms with Crippen LogP contribution in [0.25, 0.3) is 0 Å². The number of methoxy groups -OCH3 is 1. The van der Waals surface area contributed by atoms with Crippen LogP contribution in [-0.2, 0) is 27.2 Å². The van der Waals surface area contributed by atoms with Crippen LogP contribution in [0.5, 0.6) is 0 Å². The first-order valence-corrected chi connectivity index (χ1v) is 9.06. The molecule has 0 bridgehead atoms. The first-order chi connectivity index (χ1) is 12.2. The maximum Gasteiger partial charge on any atom is 0.272 e. The molecule has 0 saturated carbocycles. The molecule has 8 heteroatoms. The van der Waals surface area contributed by atoms with Crippen molar-refractivity contribution in [3.8, 4) is 0 Å². The molecular formula is C18H28N4O4. The molecule has 0 unspecified atom stereocenters. The zero-order valence-corrected chi connectivity index (χ0v) is 16.2. The van der Waals surface area contributed by atoms with Crippen molar-refractivity contribution in [2.75, 3.05) is 26.8 Å². The summed E-state index contributed by atoms with van der Waals surface area (Å²) >= 11 is 0. The molecule has 3 rings (SSSR count). The van der Waals surface area contributed by atoms with Crippen molar-refractivity contribution in [3.63, 3.8) is 0 Å². The van der Waals surface area contributed by atoms with E-state index in [1.165, 1.54) is 0 Å². The van der Waals surface area contributed by atoms with E-state index in [-0.39, 0.29) is 30.6 Å². The van der Waals surface area contributed by atoms with Crippen molar-refractivity contribution in [3.05, 3.63) is 17.0 Å². The fourth-order valence-electron chi connectivity index (χ4n) is 3.83. The Morgan fingerprint density at radius 1 is 1.42 bits per heavy atom. The van der Waals surface area contributed by atoms with E-state index in [1.54, 1.807) is 16.7 Å². The molecule has 1 aromatic heterocycles. The molecule has 2 atom stereocenters. The number of hydrogen-bond acceptors (Lipinski definition) is 5. The molecule has 1 aromatic rings. The van der Waals surface area contributed by atoms with Crippen molar-refractivity contribution in [1.29, 1.82) is 0 Å². The van der Waals surface area contributed by atoms with Gasteiger partial charge in [0.15, 0.2) is 0 Å². The Labute approximate surface area is 153 Å². The van der Waals surface area contributed by atoms with Gasteiger partial charge in [0, 0.05) is 25.6 Å². The fourth-order valence-corrected chi connectivity index (χ4v) is 3.83. The lowest BCUT2D eigenvalue weighted by Gasteiger charge is -2.38. The summed E-state index contributed by atoms with van der Waals surface area (Å²) in [5, 5.41) is 7.55. The monoisotopic (exact) mass is 364 g/mol. The van der Waals surface area contributed by atoms with Crippen LogP contribution < -0.4 is 5.32 Å². The number of piperazine rings is 1. The summed E-state index contributed by atoms with van der Waals surface area (Å²) in [4.78, 5) is 27.0. The van der Waals surface area contributed by atoms with Crippen LogP contribution in [0.15, 0.2) is 0 Å². The molecular weight excluding hydrogens is 336 g/mol. The van der Waals surface area contributed by atoms with Gasteiger partial charge in [-0.15, -0.1) is 0 Å². The van der Waals surface area contributed by atoms with Crippen molar-refractivity contribution < 1.29 is 19.1 Å². The highest BCUT2D eigenvalue weighted by Crippen LogP contribution is 2.32. The molecule has 2 aliphatic heterocycles. The highest BCUT2D eigenvalue weighted by molar-refractivity contribution is 5.97. The summed E-state index contributed by atoms with van der Waals surface area (Å²) < 4.78 is 12.8. The second-order valence-corrected chi connectivity index (χ2v) is 7.81. The molecule has 8 nitrogen and oxygen atoms in total. The zero-order chi connectivity index (χ0) is 19.1. The molecule has 1 saturated heterocycles. The molecule has 2 aliphatic rings. The maximum atomic E-state index is 13.4. The van der Waals surface area contributed by atoms with E-state index < -0.39 is 5.54 Å². The highest BCUT2D eigenvalue weighted by Gasteiger charge is 2.38. The van der Waals surface area contributed by atoms with Gasteiger partial charge in [-0.25, -0.2) is 0 Å². The Balaban J connectivity index is 1.99. The van der Waals surface area contributed by atoms with Gasteiger partial charge >= 0.3 is 0 Å². The highest BCUT2D eigenvalue weighted by atomic mass is 16.5. The summed E-state index contributed by atoms with van der Waals surface area (Å²) in [5.74, 6) is -0.296. The van der Waals surface area contributed by atoms with Crippen LogP contribution in [0.3, 0.4) is 0 Å². The molecule has 1 fully saturated rings. The fraction of sp³-hybridized carbons (Fsp3) is 0.722. The summed E-state index contributed by atoms with van der Waals surface area (Å²) in [6, 6.07) is 0. The lowest BCUT2D eigenvalue weighted by atomic mass is 9.97. The number of carbonyl (C=O) groups is 2. The molecule has 0 aromatic carbocycles. The predicted molar refractivity (Wildman–Crippen MR) is 94.9 cm³/mol. The van der Waals surface area contributed by atoms with Gasteiger partial charge in [-0.05, 0) is 27.7 Å². The van der Waals surface area contributed by atoms with E-state index in [1.807, 2.05) is 27.7 Å². The Kier molecular flexibility index (Phi) is 5.07. The van der Waals surface area contributed by atoms with Crippen molar-refractivity contribution in [2.45, 2.75) is 58.4 Å². The van der Waals surface area contributed by atoms with E-state index in [0.717, 1.165) is 11.3 Å². The molecule has 0 aliphatic carbocycles. The van der Waals surface area contributed by atoms with Gasteiger partial charge in [0.1, 0.15) is 5.69 Å². The normalized spacial score (nSPS) is 25.0. The van der Waals surface area contributed by atoms with Crippen LogP contribution in [0.1, 0.15) is 55.5 Å². The minimum atomic E-state index is -0.452. The quantitative estimate of drug-likeness (QED) is 0.858. The Bertz CT molecular complexity index is 712. The summed E-state index contributed by atoms with van der Waals surface area (Å²) in [7, 11) is 1.62. The second-order valence-electron chi connectivity index (χ2n) is 7.81. The molecule has 2 amide bonds. The number of nitrogens with one attached hydrogen (secondary N) is 1. The minimum absolute atomic E-state index is 0.0187. The van der Waals surface area contributed by atoms with Crippen LogP contribution in [0.4, 0.5) is 0 Å². The summed E-state index contributed by atoms with van der Waals surface area (Å²) in [6.07, 6.45) is 0.493. The number of carbonyl (C=O) groups excluding carboxylic acids is 2. The lowest BCUT2D eigenvalue weighted by molar-refractivity contribution is -0.126. The average Bonchev–Trinajstić information content (AvgIpc) is 2.88. The average molecular weight is 364 g/mol. The van der Waals surface area contributed by atoms with E-state index >= 15 is 0 Å². The van der Waals surface area contributed by atoms with Gasteiger partial charge in [-0.1, -0.05) is 0 Å². The predicted octanol–water partition coefficient (Wildman–Crippen LogP) is 0.902. The number of nitrogens with zero attached hydrogens (tertiary/aromatic N) is 3. The summed E-state index contributed by atoms with van der Waals surface area (Å²) in [6.45, 7) is 9.25. The minimum Gasteiger partial charge on any atom is -0.383 e. The number of ether oxygens (including phenoxy) is 2. The van der Waals surface area contributed by atoms with Crippen LogP contribution in [0, 0.1) is 0 Å². The molecule has 0 radical (unpaired) electrons. The van der Waals surface area contributed by atoms with E-state index in [0.29, 0.717) is 31.8 Å². The molecule has 1 N–H and O–H groups in total. The smallest absolute Gasteiger partial charge is 0.272 e. The zero-order valence-electron chi connectivity index (χ0n) is 16.2. The van der Waals surface area contributed by atoms with Gasteiger partial charge < -0.3 is 19.7 Å². The number of amides is 2. The molecule has 26 heavy (non-hydrogen) atoms. The van der Waals surface area contributed by atoms with Gasteiger partial charge in [0.2, 0.25) is 5.91 Å². The van der Waals surface area contributed by atoms with Crippen LogP contribution in [0.2, 0.25) is 0 Å². The van der Waals surface area contributed by atoms with Crippen LogP contribution in [-0.4, -0.2) is 64.9 Å². The van der Waals surface area contributed by atoms with Gasteiger partial charge in [-0.3, -0.25) is 14.3 Å². The number of hydrogen-bond donors (Lipinski definition) is 1. The third-order valence-electron chi connectivity index (χ3n) is 4.79. The first kappa shape index (κ1) is 18.8. The third kappa shape index (κ3) is 3.61. The van der Waals surface area contributed by atoms with Crippen molar-refractivity contribution >= 4 is 11.8 Å². The maximum absolute atomic E-state index is 13.4. The largest absolute Gasteiger partial charge is 0.383 e. The van der Waals surface area contributed by atoms with E-state index in [9.17, 15) is 9.59 Å². The molecule has 3 heterocycles. The second kappa shape index (κ2) is 7.00. The first-order valence-electron chi connectivity index (χ1n) is 9.06. The standard InChI is InChI=1S/C18H28N4O4/c1-11-8-13-15(12(2)26-11)20-22(6-7-25-5)16(13)17(24)21-9-14(23)19-18(3,4)10-21/h11-12H,6-10H2,1-5H3,(H,19,23)/t11-,12+/m0/s1. The summed E-state index contributed by atoms with van der Waals surface area (Å²) in [5.41, 5.74) is 1.85. The van der Waals surface area contributed by atoms with E-state index in [2.05, 4.69) is 10.4 Å². The van der Waals surface area contributed by atoms with Gasteiger partial charge in [0.05, 0.1) is 43.1 Å². The van der Waals surface area contributed by atoms with E-state index in [4.69, 9.17) is 9.47 Å². The number of aromatic nitrogens is 2. The van der Waals surface area contributed by atoms with Gasteiger partial charge in [0.25, 0.3) is 5.91 Å². The Hall–Kier alpha value is -1.93. The molecule has 144 valence electrons. The van der Waals surface area contributed by atoms with Crippen LogP contribution >= 0.6 is 0 Å². The van der Waals surface area contributed by atoms with Crippen molar-refractivity contribution in [1.82, 2.24) is 20.0 Å². The Morgan fingerprint density at radius 2 is 2.15 bits per heavy atom. The lowest BCUT2D eigenvalue weighted by Crippen LogP contribution is -2.61.